The molecule has 1 aliphatic heterocycles. The number of hydrogen-bond acceptors (Lipinski definition) is 5. The third-order valence-electron chi connectivity index (χ3n) is 4.91. The Bertz CT molecular complexity index is 704. The van der Waals surface area contributed by atoms with E-state index in [-0.39, 0.29) is 11.3 Å². The molecule has 0 atom stereocenters. The van der Waals surface area contributed by atoms with Gasteiger partial charge in [0, 0.05) is 44.0 Å². The summed E-state index contributed by atoms with van der Waals surface area (Å²) in [6.07, 6.45) is 11.6. The molecule has 7 nitrogen and oxygen atoms in total. The number of aromatic nitrogens is 4. The molecule has 0 unspecified atom stereocenters. The van der Waals surface area contributed by atoms with Crippen molar-refractivity contribution in [2.24, 2.45) is 5.41 Å². The minimum atomic E-state index is -0.0127. The van der Waals surface area contributed by atoms with Gasteiger partial charge in [0.15, 0.2) is 0 Å². The Morgan fingerprint density at radius 2 is 2.08 bits per heavy atom. The fourth-order valence-electron chi connectivity index (χ4n) is 3.22. The number of anilines is 1. The van der Waals surface area contributed by atoms with Gasteiger partial charge in [0.05, 0.1) is 12.4 Å². The molecule has 1 saturated heterocycles. The fourth-order valence-corrected chi connectivity index (χ4v) is 3.22. The molecule has 2 aromatic rings. The molecule has 0 radical (unpaired) electrons. The first kappa shape index (κ1) is 15.1. The Morgan fingerprint density at radius 1 is 1.25 bits per heavy atom. The molecule has 3 heterocycles. The van der Waals surface area contributed by atoms with Crippen LogP contribution in [0.4, 0.5) is 5.82 Å². The Balaban J connectivity index is 1.38. The first-order valence-corrected chi connectivity index (χ1v) is 8.57. The van der Waals surface area contributed by atoms with Crippen molar-refractivity contribution in [1.82, 2.24) is 24.6 Å². The molecule has 2 aliphatic rings. The summed E-state index contributed by atoms with van der Waals surface area (Å²) < 4.78 is 1.98. The van der Waals surface area contributed by atoms with Crippen LogP contribution in [0.5, 0.6) is 0 Å². The van der Waals surface area contributed by atoms with Gasteiger partial charge in [-0.15, -0.1) is 0 Å². The van der Waals surface area contributed by atoms with Gasteiger partial charge in [-0.2, -0.15) is 5.10 Å². The fraction of sp³-hybridized carbons (Fsp3) is 0.529. The quantitative estimate of drug-likeness (QED) is 0.876. The van der Waals surface area contributed by atoms with Crippen LogP contribution in [0.1, 0.15) is 36.2 Å². The highest BCUT2D eigenvalue weighted by molar-refractivity contribution is 5.92. The largest absolute Gasteiger partial charge is 0.368 e. The van der Waals surface area contributed by atoms with Crippen LogP contribution >= 0.6 is 0 Å². The van der Waals surface area contributed by atoms with Crippen molar-refractivity contribution >= 4 is 11.7 Å². The molecule has 1 N–H and O–H groups in total. The lowest BCUT2D eigenvalue weighted by molar-refractivity contribution is 0.0786. The van der Waals surface area contributed by atoms with Crippen molar-refractivity contribution in [3.05, 3.63) is 36.5 Å². The third-order valence-corrected chi connectivity index (χ3v) is 4.91. The molecule has 1 aliphatic carbocycles. The average molecular weight is 326 g/mol. The molecule has 7 heteroatoms. The molecule has 126 valence electrons. The summed E-state index contributed by atoms with van der Waals surface area (Å²) in [4.78, 5) is 22.9. The summed E-state index contributed by atoms with van der Waals surface area (Å²) in [5.74, 6) is 0.660. The van der Waals surface area contributed by atoms with Gasteiger partial charge in [0.2, 0.25) is 0 Å². The SMILES string of the molecule is O=C(c1cncc(NCC2(Cn3cccn3)CC2)n1)N1CCCC1. The molecule has 2 fully saturated rings. The number of nitrogens with zero attached hydrogens (tertiary/aromatic N) is 5. The highest BCUT2D eigenvalue weighted by Gasteiger charge is 2.43. The van der Waals surface area contributed by atoms with Gasteiger partial charge in [0.1, 0.15) is 11.5 Å². The third kappa shape index (κ3) is 3.25. The first-order chi connectivity index (χ1) is 11.7. The number of hydrogen-bond donors (Lipinski definition) is 1. The van der Waals surface area contributed by atoms with Crippen molar-refractivity contribution < 1.29 is 4.79 Å². The van der Waals surface area contributed by atoms with Crippen LogP contribution in [0.2, 0.25) is 0 Å². The van der Waals surface area contributed by atoms with Gasteiger partial charge >= 0.3 is 0 Å². The lowest BCUT2D eigenvalue weighted by Crippen LogP contribution is -2.29. The normalized spacial score (nSPS) is 18.6. The van der Waals surface area contributed by atoms with E-state index >= 15 is 0 Å². The second-order valence-corrected chi connectivity index (χ2v) is 6.85. The van der Waals surface area contributed by atoms with Crippen LogP contribution < -0.4 is 5.32 Å². The number of rotatable bonds is 6. The molecule has 1 amide bonds. The number of carbonyl (C=O) groups excluding carboxylic acids is 1. The van der Waals surface area contributed by atoms with Gasteiger partial charge in [-0.3, -0.25) is 14.5 Å². The van der Waals surface area contributed by atoms with E-state index in [2.05, 4.69) is 20.4 Å². The highest BCUT2D eigenvalue weighted by atomic mass is 16.2. The van der Waals surface area contributed by atoms with Crippen LogP contribution in [0.3, 0.4) is 0 Å². The Hall–Kier alpha value is -2.44. The minimum absolute atomic E-state index is 0.0127. The maximum atomic E-state index is 12.4. The van der Waals surface area contributed by atoms with Crippen LogP contribution in [0, 0.1) is 5.41 Å². The first-order valence-electron chi connectivity index (χ1n) is 8.57. The topological polar surface area (TPSA) is 75.9 Å². The number of likely N-dealkylation sites (tertiary alicyclic amines) is 1. The van der Waals surface area contributed by atoms with Crippen LogP contribution in [0.15, 0.2) is 30.9 Å². The number of carbonyl (C=O) groups is 1. The van der Waals surface area contributed by atoms with Gasteiger partial charge < -0.3 is 10.2 Å². The lowest BCUT2D eigenvalue weighted by Gasteiger charge is -2.17. The second kappa shape index (κ2) is 6.22. The summed E-state index contributed by atoms with van der Waals surface area (Å²) in [6.45, 7) is 3.38. The summed E-state index contributed by atoms with van der Waals surface area (Å²) in [5.41, 5.74) is 0.668. The van der Waals surface area contributed by atoms with Gasteiger partial charge in [-0.25, -0.2) is 4.98 Å². The zero-order valence-electron chi connectivity index (χ0n) is 13.7. The second-order valence-electron chi connectivity index (χ2n) is 6.85. The Labute approximate surface area is 141 Å². The van der Waals surface area contributed by atoms with Crippen molar-refractivity contribution in [3.63, 3.8) is 0 Å². The van der Waals surface area contributed by atoms with Crippen LogP contribution in [-0.4, -0.2) is 50.2 Å². The molecule has 0 bridgehead atoms. The zero-order chi connectivity index (χ0) is 16.4. The maximum Gasteiger partial charge on any atom is 0.274 e. The van der Waals surface area contributed by atoms with E-state index in [1.165, 1.54) is 12.8 Å². The summed E-state index contributed by atoms with van der Waals surface area (Å²) in [7, 11) is 0. The highest BCUT2D eigenvalue weighted by Crippen LogP contribution is 2.46. The summed E-state index contributed by atoms with van der Waals surface area (Å²) in [6, 6.07) is 1.95. The predicted molar refractivity (Wildman–Crippen MR) is 89.6 cm³/mol. The average Bonchev–Trinajstić information content (AvgIpc) is 3.01. The molecular weight excluding hydrogens is 304 g/mol. The molecule has 0 aromatic carbocycles. The van der Waals surface area contributed by atoms with Crippen molar-refractivity contribution in [3.8, 4) is 0 Å². The molecule has 1 saturated carbocycles. The smallest absolute Gasteiger partial charge is 0.274 e. The van der Waals surface area contributed by atoms with Crippen molar-refractivity contribution in [2.75, 3.05) is 25.0 Å². The Kier molecular flexibility index (Phi) is 3.92. The van der Waals surface area contributed by atoms with E-state index in [0.717, 1.165) is 39.0 Å². The monoisotopic (exact) mass is 326 g/mol. The van der Waals surface area contributed by atoms with Gasteiger partial charge in [-0.05, 0) is 31.7 Å². The van der Waals surface area contributed by atoms with Crippen molar-refractivity contribution in [2.45, 2.75) is 32.2 Å². The molecule has 4 rings (SSSR count). The zero-order valence-corrected chi connectivity index (χ0v) is 13.7. The van der Waals surface area contributed by atoms with E-state index < -0.39 is 0 Å². The predicted octanol–water partition coefficient (Wildman–Crippen LogP) is 1.80. The van der Waals surface area contributed by atoms with E-state index in [1.807, 2.05) is 28.0 Å². The van der Waals surface area contributed by atoms with Gasteiger partial charge in [-0.1, -0.05) is 0 Å². The summed E-state index contributed by atoms with van der Waals surface area (Å²) >= 11 is 0. The van der Waals surface area contributed by atoms with E-state index in [4.69, 9.17) is 0 Å². The Morgan fingerprint density at radius 3 is 2.79 bits per heavy atom. The van der Waals surface area contributed by atoms with Crippen LogP contribution in [0.25, 0.3) is 0 Å². The van der Waals surface area contributed by atoms with E-state index in [9.17, 15) is 4.79 Å². The minimum Gasteiger partial charge on any atom is -0.368 e. The molecule has 0 spiro atoms. The molecule has 24 heavy (non-hydrogen) atoms. The summed E-state index contributed by atoms with van der Waals surface area (Å²) in [5, 5.41) is 7.65. The maximum absolute atomic E-state index is 12.4. The van der Waals surface area contributed by atoms with Crippen LogP contribution in [-0.2, 0) is 6.54 Å². The molecular formula is C17H22N6O. The number of nitrogens with one attached hydrogen (secondary N) is 1. The van der Waals surface area contributed by atoms with Gasteiger partial charge in [0.25, 0.3) is 5.91 Å². The van der Waals surface area contributed by atoms with Crippen molar-refractivity contribution in [1.29, 1.82) is 0 Å². The standard InChI is InChI=1S/C17H22N6O/c24-16(22-7-1-2-8-22)14-10-18-11-15(21-14)19-12-17(4-5-17)13-23-9-3-6-20-23/h3,6,9-11H,1-2,4-5,7-8,12-13H2,(H,19,21). The van der Waals surface area contributed by atoms with E-state index in [1.54, 1.807) is 12.4 Å². The molecule has 2 aromatic heterocycles. The number of amides is 1. The lowest BCUT2D eigenvalue weighted by atomic mass is 10.1. The van der Waals surface area contributed by atoms with E-state index in [0.29, 0.717) is 11.5 Å².